The lowest BCUT2D eigenvalue weighted by molar-refractivity contribution is 0.0654. The Bertz CT molecular complexity index is 376. The largest absolute Gasteiger partial charge is 0.316 e. The van der Waals surface area contributed by atoms with Gasteiger partial charge in [0.1, 0.15) is 0 Å². The second-order valence-corrected chi connectivity index (χ2v) is 6.40. The molecule has 0 aliphatic carbocycles. The summed E-state index contributed by atoms with van der Waals surface area (Å²) >= 11 is 0. The Balaban J connectivity index is 1.53. The third-order valence-corrected chi connectivity index (χ3v) is 4.86. The van der Waals surface area contributed by atoms with Gasteiger partial charge in [0.2, 0.25) is 0 Å². The lowest BCUT2D eigenvalue weighted by atomic mass is 9.74. The first-order valence-corrected chi connectivity index (χ1v) is 7.83. The van der Waals surface area contributed by atoms with Gasteiger partial charge in [0.05, 0.1) is 0 Å². The molecule has 2 aliphatic rings. The van der Waals surface area contributed by atoms with Crippen molar-refractivity contribution in [1.82, 2.24) is 10.2 Å². The molecule has 3 rings (SSSR count). The van der Waals surface area contributed by atoms with E-state index in [0.717, 1.165) is 0 Å². The van der Waals surface area contributed by atoms with Crippen LogP contribution in [0.1, 0.15) is 31.2 Å². The molecule has 2 aliphatic heterocycles. The van der Waals surface area contributed by atoms with Gasteiger partial charge in [0, 0.05) is 19.6 Å². The van der Waals surface area contributed by atoms with Gasteiger partial charge in [-0.25, -0.2) is 0 Å². The van der Waals surface area contributed by atoms with E-state index in [1.807, 2.05) is 0 Å². The predicted octanol–water partition coefficient (Wildman–Crippen LogP) is 2.69. The summed E-state index contributed by atoms with van der Waals surface area (Å²) < 4.78 is 0. The Morgan fingerprint density at radius 3 is 2.74 bits per heavy atom. The van der Waals surface area contributed by atoms with E-state index in [9.17, 15) is 0 Å². The highest BCUT2D eigenvalue weighted by Crippen LogP contribution is 2.35. The fourth-order valence-corrected chi connectivity index (χ4v) is 3.81. The number of rotatable bonds is 3. The number of nitrogens with zero attached hydrogens (tertiary/aromatic N) is 1. The molecule has 1 aromatic carbocycles. The molecule has 2 heterocycles. The van der Waals surface area contributed by atoms with E-state index in [4.69, 9.17) is 0 Å². The van der Waals surface area contributed by atoms with Crippen molar-refractivity contribution >= 4 is 0 Å². The quantitative estimate of drug-likeness (QED) is 0.897. The van der Waals surface area contributed by atoms with Crippen LogP contribution >= 0.6 is 0 Å². The normalized spacial score (nSPS) is 28.6. The van der Waals surface area contributed by atoms with E-state index >= 15 is 0 Å². The minimum atomic E-state index is 0.590. The molecule has 0 bridgehead atoms. The maximum absolute atomic E-state index is 3.61. The van der Waals surface area contributed by atoms with Crippen molar-refractivity contribution in [3.63, 3.8) is 0 Å². The first-order valence-electron chi connectivity index (χ1n) is 7.83. The molecule has 1 atom stereocenters. The average molecular weight is 258 g/mol. The number of hydrogen-bond acceptors (Lipinski definition) is 2. The van der Waals surface area contributed by atoms with Crippen LogP contribution in [-0.2, 0) is 6.42 Å². The van der Waals surface area contributed by atoms with Crippen molar-refractivity contribution in [3.05, 3.63) is 35.9 Å². The Morgan fingerprint density at radius 2 is 1.95 bits per heavy atom. The standard InChI is InChI=1S/C17H26N2/c1-2-6-16(7-3-1)8-13-19-12-5-10-17(15-19)9-4-11-18-14-17/h1-3,6-7,18H,4-5,8-15H2. The fourth-order valence-electron chi connectivity index (χ4n) is 3.81. The minimum Gasteiger partial charge on any atom is -0.316 e. The third-order valence-electron chi connectivity index (χ3n) is 4.86. The van der Waals surface area contributed by atoms with Crippen molar-refractivity contribution in [3.8, 4) is 0 Å². The van der Waals surface area contributed by atoms with Crippen LogP contribution in [0.15, 0.2) is 30.3 Å². The zero-order chi connectivity index (χ0) is 13.0. The summed E-state index contributed by atoms with van der Waals surface area (Å²) in [5, 5.41) is 3.61. The van der Waals surface area contributed by atoms with E-state index in [0.29, 0.717) is 5.41 Å². The molecule has 1 aromatic rings. The van der Waals surface area contributed by atoms with E-state index < -0.39 is 0 Å². The summed E-state index contributed by atoms with van der Waals surface area (Å²) in [6.07, 6.45) is 6.82. The lowest BCUT2D eigenvalue weighted by Gasteiger charge is -2.45. The van der Waals surface area contributed by atoms with Gasteiger partial charge in [-0.15, -0.1) is 0 Å². The summed E-state index contributed by atoms with van der Waals surface area (Å²) in [5.74, 6) is 0. The summed E-state index contributed by atoms with van der Waals surface area (Å²) in [5.41, 5.74) is 2.07. The molecule has 1 unspecified atom stereocenters. The highest BCUT2D eigenvalue weighted by molar-refractivity contribution is 5.14. The maximum Gasteiger partial charge on any atom is 0.00503 e. The van der Waals surface area contributed by atoms with Crippen LogP contribution in [0.3, 0.4) is 0 Å². The highest BCUT2D eigenvalue weighted by atomic mass is 15.1. The van der Waals surface area contributed by atoms with Crippen molar-refractivity contribution in [2.75, 3.05) is 32.7 Å². The van der Waals surface area contributed by atoms with Gasteiger partial charge in [-0.3, -0.25) is 0 Å². The molecule has 2 fully saturated rings. The van der Waals surface area contributed by atoms with E-state index in [2.05, 4.69) is 40.5 Å². The molecule has 0 saturated carbocycles. The van der Waals surface area contributed by atoms with Crippen LogP contribution in [0.4, 0.5) is 0 Å². The van der Waals surface area contributed by atoms with E-state index in [1.54, 1.807) is 0 Å². The molecular formula is C17H26N2. The van der Waals surface area contributed by atoms with Crippen LogP contribution in [0.25, 0.3) is 0 Å². The number of nitrogens with one attached hydrogen (secondary N) is 1. The predicted molar refractivity (Wildman–Crippen MR) is 80.4 cm³/mol. The molecule has 2 nitrogen and oxygen atoms in total. The van der Waals surface area contributed by atoms with Gasteiger partial charge in [-0.1, -0.05) is 30.3 Å². The Morgan fingerprint density at radius 1 is 1.11 bits per heavy atom. The van der Waals surface area contributed by atoms with Crippen LogP contribution in [0.2, 0.25) is 0 Å². The summed E-state index contributed by atoms with van der Waals surface area (Å²) in [6.45, 7) is 6.31. The van der Waals surface area contributed by atoms with Gasteiger partial charge in [-0.2, -0.15) is 0 Å². The van der Waals surface area contributed by atoms with Gasteiger partial charge in [0.25, 0.3) is 0 Å². The van der Waals surface area contributed by atoms with Crippen molar-refractivity contribution in [1.29, 1.82) is 0 Å². The van der Waals surface area contributed by atoms with Gasteiger partial charge in [0.15, 0.2) is 0 Å². The topological polar surface area (TPSA) is 15.3 Å². The molecule has 1 spiro atoms. The van der Waals surface area contributed by atoms with E-state index in [-0.39, 0.29) is 0 Å². The fraction of sp³-hybridized carbons (Fsp3) is 0.647. The average Bonchev–Trinajstić information content (AvgIpc) is 2.47. The number of piperidine rings is 2. The van der Waals surface area contributed by atoms with E-state index in [1.165, 1.54) is 70.4 Å². The number of benzene rings is 1. The van der Waals surface area contributed by atoms with Gasteiger partial charge in [-0.05, 0) is 56.2 Å². The Labute approximate surface area is 117 Å². The van der Waals surface area contributed by atoms with Crippen LogP contribution in [0.5, 0.6) is 0 Å². The third kappa shape index (κ3) is 3.37. The Kier molecular flexibility index (Phi) is 4.19. The highest BCUT2D eigenvalue weighted by Gasteiger charge is 2.36. The second kappa shape index (κ2) is 6.06. The molecule has 19 heavy (non-hydrogen) atoms. The smallest absolute Gasteiger partial charge is 0.00503 e. The zero-order valence-corrected chi connectivity index (χ0v) is 11.9. The molecule has 2 saturated heterocycles. The first-order chi connectivity index (χ1) is 9.36. The zero-order valence-electron chi connectivity index (χ0n) is 11.9. The number of likely N-dealkylation sites (tertiary alicyclic amines) is 1. The summed E-state index contributed by atoms with van der Waals surface area (Å²) in [7, 11) is 0. The van der Waals surface area contributed by atoms with Crippen molar-refractivity contribution in [2.45, 2.75) is 32.1 Å². The van der Waals surface area contributed by atoms with Crippen LogP contribution in [0, 0.1) is 5.41 Å². The second-order valence-electron chi connectivity index (χ2n) is 6.40. The number of hydrogen-bond donors (Lipinski definition) is 1. The molecular weight excluding hydrogens is 232 g/mol. The summed E-state index contributed by atoms with van der Waals surface area (Å²) in [6, 6.07) is 10.9. The lowest BCUT2D eigenvalue weighted by Crippen LogP contribution is -2.51. The molecule has 2 heteroatoms. The van der Waals surface area contributed by atoms with Crippen molar-refractivity contribution < 1.29 is 0 Å². The molecule has 104 valence electrons. The molecule has 1 N–H and O–H groups in total. The van der Waals surface area contributed by atoms with Crippen molar-refractivity contribution in [2.24, 2.45) is 5.41 Å². The minimum absolute atomic E-state index is 0.590. The monoisotopic (exact) mass is 258 g/mol. The Hall–Kier alpha value is -0.860. The molecule has 0 aromatic heterocycles. The summed E-state index contributed by atoms with van der Waals surface area (Å²) in [4.78, 5) is 2.70. The van der Waals surface area contributed by atoms with Gasteiger partial charge < -0.3 is 10.2 Å². The van der Waals surface area contributed by atoms with Gasteiger partial charge >= 0.3 is 0 Å². The molecule has 0 radical (unpaired) electrons. The molecule has 0 amide bonds. The maximum atomic E-state index is 3.61. The first kappa shape index (κ1) is 13.1. The van der Waals surface area contributed by atoms with Crippen LogP contribution in [-0.4, -0.2) is 37.6 Å². The SMILES string of the molecule is c1ccc(CCN2CCCC3(CCCNC3)C2)cc1. The van der Waals surface area contributed by atoms with Crippen LogP contribution < -0.4 is 5.32 Å².